The molecule has 1 atom stereocenters. The maximum Gasteiger partial charge on any atom is 0.0629 e. The van der Waals surface area contributed by atoms with Gasteiger partial charge in [-0.15, -0.1) is 11.3 Å². The van der Waals surface area contributed by atoms with Gasteiger partial charge in [0.1, 0.15) is 0 Å². The molecule has 2 heteroatoms. The molecule has 0 amide bonds. The Morgan fingerprint density at radius 2 is 1.63 bits per heavy atom. The average Bonchev–Trinajstić information content (AvgIpc) is 2.89. The predicted molar refractivity (Wildman–Crippen MR) is 86.1 cm³/mol. The molecule has 1 aromatic heterocycles. The smallest absolute Gasteiger partial charge is 0.0629 e. The molecular formula is C17H23NS. The summed E-state index contributed by atoms with van der Waals surface area (Å²) in [6.07, 6.45) is 0. The largest absolute Gasteiger partial charge is 0.377 e. The van der Waals surface area contributed by atoms with Gasteiger partial charge < -0.3 is 5.32 Å². The van der Waals surface area contributed by atoms with Gasteiger partial charge in [-0.2, -0.15) is 0 Å². The average molecular weight is 273 g/mol. The monoisotopic (exact) mass is 273 g/mol. The van der Waals surface area contributed by atoms with Crippen LogP contribution in [0.4, 0.5) is 5.69 Å². The first kappa shape index (κ1) is 14.1. The summed E-state index contributed by atoms with van der Waals surface area (Å²) in [5.41, 5.74) is 2.60. The number of anilines is 1. The van der Waals surface area contributed by atoms with Gasteiger partial charge in [-0.1, -0.05) is 45.9 Å². The highest BCUT2D eigenvalue weighted by atomic mass is 32.1. The second-order valence-corrected chi connectivity index (χ2v) is 6.64. The van der Waals surface area contributed by atoms with Crippen LogP contribution in [0.1, 0.15) is 50.1 Å². The van der Waals surface area contributed by atoms with Gasteiger partial charge in [0, 0.05) is 10.6 Å². The molecule has 0 radical (unpaired) electrons. The van der Waals surface area contributed by atoms with E-state index in [-0.39, 0.29) is 0 Å². The summed E-state index contributed by atoms with van der Waals surface area (Å²) in [7, 11) is 0. The molecule has 2 rings (SSSR count). The Kier molecular flexibility index (Phi) is 4.65. The van der Waals surface area contributed by atoms with E-state index in [4.69, 9.17) is 0 Å². The van der Waals surface area contributed by atoms with Gasteiger partial charge in [0.2, 0.25) is 0 Å². The van der Waals surface area contributed by atoms with Crippen LogP contribution in [0.2, 0.25) is 0 Å². The zero-order valence-corrected chi connectivity index (χ0v) is 13.0. The fraction of sp³-hybridized carbons (Fsp3) is 0.412. The third-order valence-corrected chi connectivity index (χ3v) is 4.37. The van der Waals surface area contributed by atoms with Crippen LogP contribution in [0, 0.1) is 5.92 Å². The Morgan fingerprint density at radius 3 is 2.11 bits per heavy atom. The maximum atomic E-state index is 3.66. The minimum absolute atomic E-state index is 0.393. The van der Waals surface area contributed by atoms with Crippen LogP contribution < -0.4 is 5.32 Å². The van der Waals surface area contributed by atoms with E-state index >= 15 is 0 Å². The molecule has 1 N–H and O–H groups in total. The van der Waals surface area contributed by atoms with Crippen molar-refractivity contribution < 1.29 is 0 Å². The molecule has 0 spiro atoms. The van der Waals surface area contributed by atoms with Crippen molar-refractivity contribution in [3.05, 3.63) is 52.2 Å². The molecule has 102 valence electrons. The molecule has 0 saturated carbocycles. The van der Waals surface area contributed by atoms with Gasteiger partial charge in [-0.25, -0.2) is 0 Å². The Labute approximate surface area is 120 Å². The molecule has 19 heavy (non-hydrogen) atoms. The number of thiophene rings is 1. The Balaban J connectivity index is 2.13. The lowest BCUT2D eigenvalue weighted by atomic mass is 10.0. The van der Waals surface area contributed by atoms with E-state index in [0.717, 1.165) is 0 Å². The molecule has 0 aliphatic carbocycles. The Morgan fingerprint density at radius 1 is 0.947 bits per heavy atom. The number of nitrogens with one attached hydrogen (secondary N) is 1. The summed E-state index contributed by atoms with van der Waals surface area (Å²) < 4.78 is 0. The molecule has 0 bridgehead atoms. The molecule has 1 aromatic carbocycles. The van der Waals surface area contributed by atoms with Gasteiger partial charge in [0.05, 0.1) is 6.04 Å². The minimum Gasteiger partial charge on any atom is -0.377 e. The zero-order chi connectivity index (χ0) is 13.8. The zero-order valence-electron chi connectivity index (χ0n) is 12.2. The Hall–Kier alpha value is -1.28. The van der Waals surface area contributed by atoms with Crippen LogP contribution in [0.15, 0.2) is 41.8 Å². The van der Waals surface area contributed by atoms with Gasteiger partial charge in [0.15, 0.2) is 0 Å². The van der Waals surface area contributed by atoms with Crippen molar-refractivity contribution in [1.82, 2.24) is 0 Å². The molecule has 1 nitrogen and oxygen atoms in total. The summed E-state index contributed by atoms with van der Waals surface area (Å²) in [6, 6.07) is 13.6. The van der Waals surface area contributed by atoms with Crippen LogP contribution in [-0.2, 0) is 0 Å². The summed E-state index contributed by atoms with van der Waals surface area (Å²) in [4.78, 5) is 1.41. The third-order valence-electron chi connectivity index (χ3n) is 3.42. The van der Waals surface area contributed by atoms with Gasteiger partial charge in [-0.05, 0) is 41.0 Å². The highest BCUT2D eigenvalue weighted by molar-refractivity contribution is 7.10. The van der Waals surface area contributed by atoms with Crippen molar-refractivity contribution >= 4 is 17.0 Å². The van der Waals surface area contributed by atoms with E-state index in [0.29, 0.717) is 17.9 Å². The van der Waals surface area contributed by atoms with Crippen LogP contribution in [0.3, 0.4) is 0 Å². The van der Waals surface area contributed by atoms with Crippen molar-refractivity contribution in [2.24, 2.45) is 5.92 Å². The summed E-state index contributed by atoms with van der Waals surface area (Å²) in [5.74, 6) is 1.16. The lowest BCUT2D eigenvalue weighted by Gasteiger charge is -2.22. The van der Waals surface area contributed by atoms with E-state index in [2.05, 4.69) is 74.8 Å². The Bertz CT molecular complexity index is 482. The predicted octanol–water partition coefficient (Wildman–Crippen LogP) is 5.68. The molecule has 0 aliphatic heterocycles. The number of hydrogen-bond donors (Lipinski definition) is 1. The molecular weight excluding hydrogens is 250 g/mol. The van der Waals surface area contributed by atoms with Crippen molar-refractivity contribution in [3.63, 3.8) is 0 Å². The summed E-state index contributed by atoms with van der Waals surface area (Å²) >= 11 is 1.82. The van der Waals surface area contributed by atoms with Crippen molar-refractivity contribution in [2.45, 2.75) is 39.7 Å². The standard InChI is InChI=1S/C17H23NS/c1-12(2)14-7-9-15(10-8-14)18-17(13(3)4)16-6-5-11-19-16/h5-13,17-18H,1-4H3. The van der Waals surface area contributed by atoms with Gasteiger partial charge in [0.25, 0.3) is 0 Å². The normalized spacial score (nSPS) is 12.9. The van der Waals surface area contributed by atoms with Gasteiger partial charge >= 0.3 is 0 Å². The maximum absolute atomic E-state index is 3.66. The quantitative estimate of drug-likeness (QED) is 0.739. The summed E-state index contributed by atoms with van der Waals surface area (Å²) in [5, 5.41) is 5.80. The molecule has 0 saturated heterocycles. The van der Waals surface area contributed by atoms with E-state index in [1.807, 2.05) is 11.3 Å². The van der Waals surface area contributed by atoms with E-state index in [9.17, 15) is 0 Å². The van der Waals surface area contributed by atoms with Gasteiger partial charge in [-0.3, -0.25) is 0 Å². The first-order chi connectivity index (χ1) is 9.08. The second-order valence-electron chi connectivity index (χ2n) is 5.66. The van der Waals surface area contributed by atoms with E-state index in [1.54, 1.807) is 0 Å². The third kappa shape index (κ3) is 3.60. The number of benzene rings is 1. The lowest BCUT2D eigenvalue weighted by molar-refractivity contribution is 0.554. The fourth-order valence-corrected chi connectivity index (χ4v) is 3.13. The molecule has 0 fully saturated rings. The number of hydrogen-bond acceptors (Lipinski definition) is 2. The highest BCUT2D eigenvalue weighted by Gasteiger charge is 2.16. The minimum atomic E-state index is 0.393. The highest BCUT2D eigenvalue weighted by Crippen LogP contribution is 2.30. The summed E-state index contributed by atoms with van der Waals surface area (Å²) in [6.45, 7) is 8.98. The molecule has 1 heterocycles. The van der Waals surface area contributed by atoms with Crippen LogP contribution >= 0.6 is 11.3 Å². The van der Waals surface area contributed by atoms with E-state index < -0.39 is 0 Å². The molecule has 1 unspecified atom stereocenters. The van der Waals surface area contributed by atoms with Crippen LogP contribution in [0.25, 0.3) is 0 Å². The van der Waals surface area contributed by atoms with E-state index in [1.165, 1.54) is 16.1 Å². The van der Waals surface area contributed by atoms with Crippen LogP contribution in [-0.4, -0.2) is 0 Å². The topological polar surface area (TPSA) is 12.0 Å². The van der Waals surface area contributed by atoms with Crippen molar-refractivity contribution in [1.29, 1.82) is 0 Å². The number of rotatable bonds is 5. The van der Waals surface area contributed by atoms with Crippen LogP contribution in [0.5, 0.6) is 0 Å². The fourth-order valence-electron chi connectivity index (χ4n) is 2.18. The first-order valence-electron chi connectivity index (χ1n) is 6.98. The second kappa shape index (κ2) is 6.25. The SMILES string of the molecule is CC(C)c1ccc(NC(c2cccs2)C(C)C)cc1. The molecule has 0 aliphatic rings. The van der Waals surface area contributed by atoms with Crippen molar-refractivity contribution in [3.8, 4) is 0 Å². The first-order valence-corrected chi connectivity index (χ1v) is 7.85. The lowest BCUT2D eigenvalue weighted by Crippen LogP contribution is -2.15. The van der Waals surface area contributed by atoms with Crippen molar-refractivity contribution in [2.75, 3.05) is 5.32 Å². The molecule has 2 aromatic rings.